The van der Waals surface area contributed by atoms with Crippen LogP contribution in [-0.4, -0.2) is 66.9 Å². The molecule has 1 amide bonds. The van der Waals surface area contributed by atoms with E-state index in [1.165, 1.54) is 40.6 Å². The molecule has 0 spiro atoms. The first kappa shape index (κ1) is 31.0. The number of aliphatic carboxylic acids is 1. The van der Waals surface area contributed by atoms with Crippen molar-refractivity contribution >= 4 is 46.4 Å². The summed E-state index contributed by atoms with van der Waals surface area (Å²) < 4.78 is 56.8. The number of cyclic esters (lactones) is 1. The third kappa shape index (κ3) is 5.89. The van der Waals surface area contributed by atoms with Crippen LogP contribution in [-0.2, 0) is 31.3 Å². The summed E-state index contributed by atoms with van der Waals surface area (Å²) in [5.41, 5.74) is 1.94. The summed E-state index contributed by atoms with van der Waals surface area (Å²) in [5, 5.41) is 11.2. The van der Waals surface area contributed by atoms with Gasteiger partial charge in [-0.15, -0.1) is 0 Å². The molecule has 0 aliphatic carbocycles. The Morgan fingerprint density at radius 3 is 2.24 bits per heavy atom. The highest BCUT2D eigenvalue weighted by atomic mass is 32.1. The summed E-state index contributed by atoms with van der Waals surface area (Å²) in [6, 6.07) is 11.8. The molecule has 234 valence electrons. The van der Waals surface area contributed by atoms with E-state index in [1.807, 2.05) is 0 Å². The lowest BCUT2D eigenvalue weighted by molar-refractivity contribution is -0.185. The van der Waals surface area contributed by atoms with Crippen LogP contribution >= 0.6 is 11.7 Å². The Morgan fingerprint density at radius 2 is 1.62 bits per heavy atom. The number of hydrogen-bond donors (Lipinski definition) is 2. The van der Waals surface area contributed by atoms with E-state index < -0.39 is 36.2 Å². The van der Waals surface area contributed by atoms with E-state index in [-0.39, 0.29) is 28.9 Å². The molecule has 1 unspecified atom stereocenters. The summed E-state index contributed by atoms with van der Waals surface area (Å²) >= 11 is 0.987. The van der Waals surface area contributed by atoms with Crippen molar-refractivity contribution < 1.29 is 52.3 Å². The zero-order chi connectivity index (χ0) is 32.3. The highest BCUT2D eigenvalue weighted by molar-refractivity contribution is 7.00. The Balaban J connectivity index is 1.78. The molecule has 45 heavy (non-hydrogen) atoms. The number of hydrogen-bond acceptors (Lipinski definition) is 12. The molecule has 2 heterocycles. The van der Waals surface area contributed by atoms with E-state index in [1.54, 1.807) is 30.3 Å². The first-order valence-electron chi connectivity index (χ1n) is 13.1. The number of esters is 1. The number of ether oxygens (including phenoxy) is 6. The first-order valence-corrected chi connectivity index (χ1v) is 13.9. The van der Waals surface area contributed by atoms with Crippen LogP contribution in [0.3, 0.4) is 0 Å². The van der Waals surface area contributed by atoms with Gasteiger partial charge in [-0.25, -0.2) is 14.0 Å². The Hall–Kier alpha value is -5.44. The van der Waals surface area contributed by atoms with Gasteiger partial charge in [0.05, 0.1) is 45.7 Å². The van der Waals surface area contributed by atoms with Gasteiger partial charge in [-0.2, -0.15) is 8.75 Å². The number of rotatable bonds is 11. The maximum Gasteiger partial charge on any atom is 0.411 e. The molecule has 1 aromatic heterocycles. The smallest absolute Gasteiger partial charge is 0.411 e. The summed E-state index contributed by atoms with van der Waals surface area (Å²) in [6.45, 7) is -0.799. The lowest BCUT2D eigenvalue weighted by Gasteiger charge is -2.31. The summed E-state index contributed by atoms with van der Waals surface area (Å²) in [4.78, 5) is 38.1. The number of carbonyl (C=O) groups excluding carboxylic acids is 2. The minimum atomic E-state index is -2.36. The monoisotopic (exact) mass is 639 g/mol. The number of nitrogens with one attached hydrogen (secondary N) is 1. The Kier molecular flexibility index (Phi) is 8.72. The molecule has 1 aliphatic rings. The highest BCUT2D eigenvalue weighted by Crippen LogP contribution is 2.49. The van der Waals surface area contributed by atoms with Crippen molar-refractivity contribution in [2.75, 3.05) is 35.0 Å². The van der Waals surface area contributed by atoms with Gasteiger partial charge >= 0.3 is 23.8 Å². The predicted octanol–water partition coefficient (Wildman–Crippen LogP) is 4.08. The number of nitrogens with zero attached hydrogens (tertiary/aromatic N) is 2. The number of fused-ring (bicyclic) bond motifs is 1. The van der Waals surface area contributed by atoms with Crippen LogP contribution in [0.4, 0.5) is 9.18 Å². The van der Waals surface area contributed by atoms with E-state index in [0.717, 1.165) is 17.8 Å². The molecular formula is C30H26FN3O10S. The van der Waals surface area contributed by atoms with Crippen molar-refractivity contribution in [2.24, 2.45) is 0 Å². The van der Waals surface area contributed by atoms with Crippen molar-refractivity contribution in [3.63, 3.8) is 0 Å². The van der Waals surface area contributed by atoms with Crippen LogP contribution < -0.4 is 24.3 Å². The van der Waals surface area contributed by atoms with Crippen LogP contribution in [0.15, 0.2) is 54.1 Å². The first-order chi connectivity index (χ1) is 21.6. The number of carboxylic acids is 1. The quantitative estimate of drug-likeness (QED) is 0.226. The van der Waals surface area contributed by atoms with Crippen LogP contribution in [0.1, 0.15) is 16.7 Å². The van der Waals surface area contributed by atoms with Gasteiger partial charge in [0.2, 0.25) is 5.75 Å². The molecule has 0 radical (unpaired) electrons. The number of aromatic nitrogens is 2. The second-order valence-electron chi connectivity index (χ2n) is 9.52. The van der Waals surface area contributed by atoms with Crippen molar-refractivity contribution in [1.29, 1.82) is 0 Å². The zero-order valence-corrected chi connectivity index (χ0v) is 25.2. The number of alkyl carbamates (subject to hydrolysis) is 1. The standard InChI is InChI=1S/C30H26FN3O10S/c1-39-22-8-6-17(13-19(22)31)30(44-29(38)32-14-25(35)36)18(9-15-10-23(40-2)27(42-4)24(11-15)41-3)26(28(37)43-30)16-5-7-20-21(12-16)34-45-33-20/h5-8,10-13H,9,14H2,1-4H3,(H,32,38)(H,35,36). The second-order valence-corrected chi connectivity index (χ2v) is 10.1. The van der Waals surface area contributed by atoms with Crippen molar-refractivity contribution in [3.8, 4) is 23.0 Å². The maximum atomic E-state index is 15.2. The molecule has 3 aromatic carbocycles. The number of amides is 1. The predicted molar refractivity (Wildman–Crippen MR) is 157 cm³/mol. The van der Waals surface area contributed by atoms with E-state index >= 15 is 4.39 Å². The lowest BCUT2D eigenvalue weighted by Crippen LogP contribution is -2.41. The largest absolute Gasteiger partial charge is 0.494 e. The third-order valence-corrected chi connectivity index (χ3v) is 7.50. The zero-order valence-electron chi connectivity index (χ0n) is 24.3. The molecule has 0 bridgehead atoms. The highest BCUT2D eigenvalue weighted by Gasteiger charge is 2.53. The van der Waals surface area contributed by atoms with E-state index in [0.29, 0.717) is 39.4 Å². The molecule has 1 atom stereocenters. The molecule has 5 rings (SSSR count). The normalized spacial score (nSPS) is 15.9. The fraction of sp³-hybridized carbons (Fsp3) is 0.233. The van der Waals surface area contributed by atoms with Crippen LogP contribution in [0, 0.1) is 5.82 Å². The summed E-state index contributed by atoms with van der Waals surface area (Å²) in [5.74, 6) is -4.66. The van der Waals surface area contributed by atoms with Gasteiger partial charge in [0, 0.05) is 17.6 Å². The van der Waals surface area contributed by atoms with Crippen LogP contribution in [0.5, 0.6) is 23.0 Å². The summed E-state index contributed by atoms with van der Waals surface area (Å²) in [7, 11) is 5.59. The molecule has 4 aromatic rings. The average molecular weight is 640 g/mol. The van der Waals surface area contributed by atoms with Crippen molar-refractivity contribution in [3.05, 3.63) is 76.6 Å². The van der Waals surface area contributed by atoms with E-state index in [9.17, 15) is 14.4 Å². The molecular weight excluding hydrogens is 613 g/mol. The minimum Gasteiger partial charge on any atom is -0.494 e. The molecule has 1 aliphatic heterocycles. The fourth-order valence-corrected chi connectivity index (χ4v) is 5.48. The van der Waals surface area contributed by atoms with E-state index in [2.05, 4.69) is 14.1 Å². The number of benzene rings is 3. The number of carbonyl (C=O) groups is 3. The maximum absolute atomic E-state index is 15.2. The average Bonchev–Trinajstić information content (AvgIpc) is 3.61. The SMILES string of the molecule is COc1ccc(C2(OC(=O)NCC(=O)O)OC(=O)C(c3ccc4nsnc4c3)=C2Cc2cc(OC)c(OC)c(OC)c2)cc1F. The van der Waals surface area contributed by atoms with Gasteiger partial charge in [0.1, 0.15) is 17.6 Å². The molecule has 13 nitrogen and oxygen atoms in total. The molecule has 0 saturated carbocycles. The van der Waals surface area contributed by atoms with Gasteiger partial charge in [0.15, 0.2) is 23.1 Å². The van der Waals surface area contributed by atoms with Gasteiger partial charge in [-0.3, -0.25) is 4.79 Å². The molecule has 0 fully saturated rings. The third-order valence-electron chi connectivity index (χ3n) is 6.94. The van der Waals surface area contributed by atoms with Crippen molar-refractivity contribution in [2.45, 2.75) is 12.2 Å². The second kappa shape index (κ2) is 12.7. The molecule has 0 saturated heterocycles. The van der Waals surface area contributed by atoms with Crippen molar-refractivity contribution in [1.82, 2.24) is 14.1 Å². The lowest BCUT2D eigenvalue weighted by atomic mass is 9.87. The van der Waals surface area contributed by atoms with Gasteiger partial charge < -0.3 is 38.8 Å². The number of halogens is 1. The van der Waals surface area contributed by atoms with E-state index in [4.69, 9.17) is 33.5 Å². The number of methoxy groups -OCH3 is 4. The Bertz CT molecular complexity index is 1820. The Morgan fingerprint density at radius 1 is 0.933 bits per heavy atom. The number of carboxylic acid groups (broad SMARTS) is 1. The summed E-state index contributed by atoms with van der Waals surface area (Å²) in [6.07, 6.45) is -1.38. The van der Waals surface area contributed by atoms with Gasteiger partial charge in [0.25, 0.3) is 0 Å². The van der Waals surface area contributed by atoms with Crippen LogP contribution in [0.25, 0.3) is 16.6 Å². The minimum absolute atomic E-state index is 0.000845. The fourth-order valence-electron chi connectivity index (χ4n) is 4.97. The van der Waals surface area contributed by atoms with Crippen LogP contribution in [0.2, 0.25) is 0 Å². The molecule has 2 N–H and O–H groups in total. The van der Waals surface area contributed by atoms with Gasteiger partial charge in [-0.1, -0.05) is 6.07 Å². The van der Waals surface area contributed by atoms with Gasteiger partial charge in [-0.05, 0) is 53.6 Å². The Labute approximate surface area is 259 Å². The topological polar surface area (TPSA) is 165 Å². The molecule has 15 heteroatoms.